The Kier molecular flexibility index (Phi) is 6.22. The van der Waals surface area contributed by atoms with Gasteiger partial charge in [0.15, 0.2) is 0 Å². The van der Waals surface area contributed by atoms with Crippen molar-refractivity contribution >= 4 is 23.3 Å². The van der Waals surface area contributed by atoms with Crippen LogP contribution in [-0.2, 0) is 11.2 Å². The van der Waals surface area contributed by atoms with Gasteiger partial charge in [0, 0.05) is 26.2 Å². The van der Waals surface area contributed by atoms with Gasteiger partial charge in [-0.3, -0.25) is 10.1 Å². The Morgan fingerprint density at radius 2 is 1.74 bits per heavy atom. The van der Waals surface area contributed by atoms with Crippen molar-refractivity contribution in [2.45, 2.75) is 45.3 Å². The lowest BCUT2D eigenvalue weighted by Gasteiger charge is -2.36. The summed E-state index contributed by atoms with van der Waals surface area (Å²) >= 11 is 0. The number of nitrogen functional groups attached to an aromatic ring is 1. The van der Waals surface area contributed by atoms with Gasteiger partial charge in [-0.15, -0.1) is 0 Å². The van der Waals surface area contributed by atoms with Crippen molar-refractivity contribution in [3.8, 4) is 0 Å². The largest absolute Gasteiger partial charge is 0.378 e. The highest BCUT2D eigenvalue weighted by atomic mass is 16.6. The minimum Gasteiger partial charge on any atom is -0.378 e. The molecule has 2 aliphatic heterocycles. The van der Waals surface area contributed by atoms with Crippen molar-refractivity contribution in [3.63, 3.8) is 0 Å². The zero-order valence-electron chi connectivity index (χ0n) is 18.1. The number of piperidine rings is 1. The molecule has 31 heavy (non-hydrogen) atoms. The Hall–Kier alpha value is -2.94. The topological polar surface area (TPSA) is 111 Å². The van der Waals surface area contributed by atoms with Gasteiger partial charge in [0.25, 0.3) is 0 Å². The molecule has 9 nitrogen and oxygen atoms in total. The summed E-state index contributed by atoms with van der Waals surface area (Å²) in [5.41, 5.74) is 7.20. The first-order valence-electron chi connectivity index (χ1n) is 10.9. The zero-order chi connectivity index (χ0) is 22.0. The standard InChI is InChI=1S/C22H30N6O3/c1-15-13-27(14-16(2)31-15)21-19(28(29)30)20(23)24-22(25-21)26-10-8-18(9-11-26)12-17-6-4-3-5-7-17/h3-7,15-16,18H,8-14H2,1-2H3,(H2,23,24,25). The number of aromatic nitrogens is 2. The molecule has 2 fully saturated rings. The molecule has 0 amide bonds. The molecule has 2 saturated heterocycles. The SMILES string of the molecule is CC1CN(c2nc(N3CCC(Cc4ccccc4)CC3)nc(N)c2[N+](=O)[O-])CC(C)O1. The molecule has 2 unspecified atom stereocenters. The summed E-state index contributed by atoms with van der Waals surface area (Å²) in [7, 11) is 0. The van der Waals surface area contributed by atoms with Crippen LogP contribution < -0.4 is 15.5 Å². The highest BCUT2D eigenvalue weighted by Crippen LogP contribution is 2.35. The summed E-state index contributed by atoms with van der Waals surface area (Å²) in [5.74, 6) is 1.29. The summed E-state index contributed by atoms with van der Waals surface area (Å²) < 4.78 is 5.78. The maximum absolute atomic E-state index is 11.7. The lowest BCUT2D eigenvalue weighted by Crippen LogP contribution is -2.46. The van der Waals surface area contributed by atoms with E-state index in [9.17, 15) is 10.1 Å². The molecule has 2 atom stereocenters. The quantitative estimate of drug-likeness (QED) is 0.574. The summed E-state index contributed by atoms with van der Waals surface area (Å²) in [6, 6.07) is 10.5. The molecular formula is C22H30N6O3. The van der Waals surface area contributed by atoms with E-state index in [-0.39, 0.29) is 23.7 Å². The minimum atomic E-state index is -0.481. The monoisotopic (exact) mass is 426 g/mol. The van der Waals surface area contributed by atoms with Crippen LogP contribution in [-0.4, -0.2) is 53.3 Å². The highest BCUT2D eigenvalue weighted by Gasteiger charge is 2.33. The summed E-state index contributed by atoms with van der Waals surface area (Å²) in [6.07, 6.45) is 3.02. The molecule has 0 radical (unpaired) electrons. The molecular weight excluding hydrogens is 396 g/mol. The lowest BCUT2D eigenvalue weighted by molar-refractivity contribution is -0.383. The van der Waals surface area contributed by atoms with Crippen LogP contribution >= 0.6 is 0 Å². The van der Waals surface area contributed by atoms with Crippen LogP contribution in [0.3, 0.4) is 0 Å². The number of anilines is 3. The van der Waals surface area contributed by atoms with Crippen LogP contribution in [0, 0.1) is 16.0 Å². The number of hydrogen-bond acceptors (Lipinski definition) is 8. The second-order valence-corrected chi connectivity index (χ2v) is 8.62. The van der Waals surface area contributed by atoms with Crippen LogP contribution in [0.15, 0.2) is 30.3 Å². The second kappa shape index (κ2) is 9.05. The fourth-order valence-corrected chi connectivity index (χ4v) is 4.62. The third-order valence-corrected chi connectivity index (χ3v) is 6.05. The normalized spacial score (nSPS) is 22.5. The van der Waals surface area contributed by atoms with Crippen LogP contribution in [0.4, 0.5) is 23.3 Å². The predicted molar refractivity (Wildman–Crippen MR) is 120 cm³/mol. The summed E-state index contributed by atoms with van der Waals surface area (Å²) in [5, 5.41) is 11.7. The van der Waals surface area contributed by atoms with Crippen molar-refractivity contribution in [3.05, 3.63) is 46.0 Å². The van der Waals surface area contributed by atoms with Gasteiger partial charge in [0.2, 0.25) is 17.6 Å². The number of hydrogen-bond donors (Lipinski definition) is 1. The van der Waals surface area contributed by atoms with E-state index >= 15 is 0 Å². The van der Waals surface area contributed by atoms with E-state index in [1.54, 1.807) is 0 Å². The Morgan fingerprint density at radius 3 is 2.35 bits per heavy atom. The van der Waals surface area contributed by atoms with Gasteiger partial charge < -0.3 is 20.3 Å². The zero-order valence-corrected chi connectivity index (χ0v) is 18.1. The third-order valence-electron chi connectivity index (χ3n) is 6.05. The van der Waals surface area contributed by atoms with E-state index in [1.165, 1.54) is 5.56 Å². The van der Waals surface area contributed by atoms with Gasteiger partial charge in [-0.05, 0) is 44.6 Å². The first kappa shape index (κ1) is 21.3. The Morgan fingerprint density at radius 1 is 1.10 bits per heavy atom. The molecule has 0 spiro atoms. The average molecular weight is 427 g/mol. The molecule has 1 aromatic heterocycles. The first-order chi connectivity index (χ1) is 14.9. The van der Waals surface area contributed by atoms with E-state index < -0.39 is 4.92 Å². The van der Waals surface area contributed by atoms with E-state index in [4.69, 9.17) is 10.5 Å². The van der Waals surface area contributed by atoms with E-state index in [1.807, 2.05) is 24.8 Å². The van der Waals surface area contributed by atoms with Gasteiger partial charge >= 0.3 is 5.69 Å². The Bertz CT molecular complexity index is 907. The maximum Gasteiger partial charge on any atom is 0.353 e. The van der Waals surface area contributed by atoms with Gasteiger partial charge in [0.1, 0.15) is 0 Å². The Balaban J connectivity index is 1.52. The molecule has 3 heterocycles. The van der Waals surface area contributed by atoms with Crippen molar-refractivity contribution in [1.82, 2.24) is 9.97 Å². The number of nitrogens with zero attached hydrogens (tertiary/aromatic N) is 5. The van der Waals surface area contributed by atoms with Crippen LogP contribution in [0.1, 0.15) is 32.3 Å². The van der Waals surface area contributed by atoms with E-state index in [2.05, 4.69) is 39.1 Å². The molecule has 2 N–H and O–H groups in total. The Labute approximate surface area is 182 Å². The molecule has 9 heteroatoms. The number of benzene rings is 1. The maximum atomic E-state index is 11.7. The molecule has 2 aliphatic rings. The number of nitrogens with two attached hydrogens (primary N) is 1. The lowest BCUT2D eigenvalue weighted by atomic mass is 9.90. The van der Waals surface area contributed by atoms with Crippen LogP contribution in [0.5, 0.6) is 0 Å². The van der Waals surface area contributed by atoms with Crippen LogP contribution in [0.25, 0.3) is 0 Å². The summed E-state index contributed by atoms with van der Waals surface area (Å²) in [4.78, 5) is 24.2. The van der Waals surface area contributed by atoms with E-state index in [0.717, 1.165) is 32.4 Å². The third kappa shape index (κ3) is 4.87. The van der Waals surface area contributed by atoms with Crippen molar-refractivity contribution in [2.24, 2.45) is 5.92 Å². The molecule has 0 aliphatic carbocycles. The second-order valence-electron chi connectivity index (χ2n) is 8.62. The molecule has 1 aromatic carbocycles. The molecule has 4 rings (SSSR count). The fourth-order valence-electron chi connectivity index (χ4n) is 4.62. The predicted octanol–water partition coefficient (Wildman–Crippen LogP) is 3.04. The van der Waals surface area contributed by atoms with Crippen molar-refractivity contribution < 1.29 is 9.66 Å². The molecule has 0 saturated carbocycles. The smallest absolute Gasteiger partial charge is 0.353 e. The van der Waals surface area contributed by atoms with Gasteiger partial charge in [-0.1, -0.05) is 30.3 Å². The van der Waals surface area contributed by atoms with Gasteiger partial charge in [-0.2, -0.15) is 9.97 Å². The number of morpholine rings is 1. The molecule has 2 aromatic rings. The number of ether oxygens (including phenoxy) is 1. The van der Waals surface area contributed by atoms with E-state index in [0.29, 0.717) is 30.8 Å². The molecule has 166 valence electrons. The number of nitro groups is 1. The van der Waals surface area contributed by atoms with Crippen LogP contribution in [0.2, 0.25) is 0 Å². The highest BCUT2D eigenvalue weighted by molar-refractivity contribution is 5.71. The average Bonchev–Trinajstić information content (AvgIpc) is 2.73. The minimum absolute atomic E-state index is 0.0447. The molecule has 0 bridgehead atoms. The summed E-state index contributed by atoms with van der Waals surface area (Å²) in [6.45, 7) is 6.59. The fraction of sp³-hybridized carbons (Fsp3) is 0.545. The first-order valence-corrected chi connectivity index (χ1v) is 10.9. The van der Waals surface area contributed by atoms with Gasteiger partial charge in [0.05, 0.1) is 17.1 Å². The van der Waals surface area contributed by atoms with Crippen molar-refractivity contribution in [1.29, 1.82) is 0 Å². The number of rotatable bonds is 5. The van der Waals surface area contributed by atoms with Crippen molar-refractivity contribution in [2.75, 3.05) is 41.7 Å². The van der Waals surface area contributed by atoms with Gasteiger partial charge in [-0.25, -0.2) is 0 Å².